The molecule has 4 rings (SSSR count). The Morgan fingerprint density at radius 2 is 2.11 bits per heavy atom. The number of aromatic nitrogens is 6. The summed E-state index contributed by atoms with van der Waals surface area (Å²) < 4.78 is 7.71. The molecule has 0 saturated carbocycles. The minimum absolute atomic E-state index is 0.434. The first-order chi connectivity index (χ1) is 13.7. The lowest BCUT2D eigenvalue weighted by atomic mass is 10.1. The van der Waals surface area contributed by atoms with Crippen molar-refractivity contribution in [1.29, 1.82) is 0 Å². The quantitative estimate of drug-likeness (QED) is 0.457. The fraction of sp³-hybridized carbons (Fsp3) is 0.300. The lowest BCUT2D eigenvalue weighted by Gasteiger charge is -2.07. The number of H-pyrrole nitrogens is 1. The molecule has 0 aliphatic rings. The standard InChI is InChI=1S/C20H23N7O/c1-2-3-7-28-17-6-4-5-14(9-17)12-27-13-15(11-22-27)8-16-10-18(21)23-20-19(16)24-26-25-20/h4-6,9-11,13H,2-3,7-8,12H2,1H3,(H3,21,23,24,25,26). The van der Waals surface area contributed by atoms with Gasteiger partial charge in [-0.2, -0.15) is 15.4 Å². The van der Waals surface area contributed by atoms with Crippen molar-refractivity contribution >= 4 is 17.0 Å². The number of hydrogen-bond acceptors (Lipinski definition) is 6. The summed E-state index contributed by atoms with van der Waals surface area (Å²) >= 11 is 0. The molecule has 4 aromatic rings. The normalized spacial score (nSPS) is 11.2. The first-order valence-electron chi connectivity index (χ1n) is 9.40. The van der Waals surface area contributed by atoms with Gasteiger partial charge in [-0.15, -0.1) is 5.10 Å². The van der Waals surface area contributed by atoms with Crippen LogP contribution in [0.25, 0.3) is 11.2 Å². The van der Waals surface area contributed by atoms with E-state index >= 15 is 0 Å². The summed E-state index contributed by atoms with van der Waals surface area (Å²) in [6, 6.07) is 9.99. The average Bonchev–Trinajstić information content (AvgIpc) is 3.32. The smallest absolute Gasteiger partial charge is 0.203 e. The van der Waals surface area contributed by atoms with E-state index in [2.05, 4.69) is 44.5 Å². The van der Waals surface area contributed by atoms with Crippen molar-refractivity contribution in [2.45, 2.75) is 32.7 Å². The van der Waals surface area contributed by atoms with Crippen LogP contribution in [0.5, 0.6) is 5.75 Å². The number of rotatable bonds is 8. The Morgan fingerprint density at radius 1 is 1.18 bits per heavy atom. The molecule has 8 heteroatoms. The molecule has 0 unspecified atom stereocenters. The zero-order chi connectivity index (χ0) is 19.3. The molecule has 0 spiro atoms. The van der Waals surface area contributed by atoms with Crippen molar-refractivity contribution in [3.63, 3.8) is 0 Å². The molecule has 0 atom stereocenters. The highest BCUT2D eigenvalue weighted by molar-refractivity contribution is 5.76. The molecule has 144 valence electrons. The van der Waals surface area contributed by atoms with Crippen LogP contribution >= 0.6 is 0 Å². The van der Waals surface area contributed by atoms with Gasteiger partial charge in [0.15, 0.2) is 0 Å². The van der Waals surface area contributed by atoms with Crippen molar-refractivity contribution in [2.75, 3.05) is 12.3 Å². The van der Waals surface area contributed by atoms with Gasteiger partial charge in [-0.05, 0) is 41.3 Å². The Kier molecular flexibility index (Phi) is 5.18. The van der Waals surface area contributed by atoms with Crippen LogP contribution in [0.3, 0.4) is 0 Å². The van der Waals surface area contributed by atoms with Crippen molar-refractivity contribution < 1.29 is 4.74 Å². The second-order valence-corrected chi connectivity index (χ2v) is 6.77. The lowest BCUT2D eigenvalue weighted by molar-refractivity contribution is 0.309. The zero-order valence-corrected chi connectivity index (χ0v) is 15.8. The van der Waals surface area contributed by atoms with E-state index in [1.165, 1.54) is 0 Å². The van der Waals surface area contributed by atoms with Crippen molar-refractivity contribution in [3.05, 3.63) is 59.4 Å². The number of aromatic amines is 1. The summed E-state index contributed by atoms with van der Waals surface area (Å²) in [6.07, 6.45) is 6.75. The van der Waals surface area contributed by atoms with E-state index in [0.717, 1.165) is 47.4 Å². The number of anilines is 1. The van der Waals surface area contributed by atoms with Crippen LogP contribution in [-0.2, 0) is 13.0 Å². The minimum Gasteiger partial charge on any atom is -0.494 e. The molecule has 0 radical (unpaired) electrons. The highest BCUT2D eigenvalue weighted by Gasteiger charge is 2.10. The van der Waals surface area contributed by atoms with Crippen molar-refractivity contribution in [1.82, 2.24) is 30.2 Å². The van der Waals surface area contributed by atoms with Gasteiger partial charge in [0.1, 0.15) is 17.1 Å². The van der Waals surface area contributed by atoms with Crippen LogP contribution in [0.15, 0.2) is 42.7 Å². The van der Waals surface area contributed by atoms with E-state index in [9.17, 15) is 0 Å². The number of benzene rings is 1. The molecule has 0 aliphatic heterocycles. The fourth-order valence-corrected chi connectivity index (χ4v) is 3.11. The predicted molar refractivity (Wildman–Crippen MR) is 107 cm³/mol. The van der Waals surface area contributed by atoms with Crippen LogP contribution in [0, 0.1) is 0 Å². The number of pyridine rings is 1. The second kappa shape index (κ2) is 8.08. The third-order valence-corrected chi connectivity index (χ3v) is 4.48. The number of fused-ring (bicyclic) bond motifs is 1. The number of nitrogen functional groups attached to an aromatic ring is 1. The molecule has 3 heterocycles. The molecule has 0 amide bonds. The molecule has 3 N–H and O–H groups in total. The Morgan fingerprint density at radius 3 is 3.00 bits per heavy atom. The molecule has 3 aromatic heterocycles. The Balaban J connectivity index is 1.46. The maximum Gasteiger partial charge on any atom is 0.203 e. The molecule has 0 fully saturated rings. The Labute approximate surface area is 162 Å². The van der Waals surface area contributed by atoms with Gasteiger partial charge in [0.2, 0.25) is 5.65 Å². The number of nitrogens with two attached hydrogens (primary N) is 1. The van der Waals surface area contributed by atoms with E-state index in [-0.39, 0.29) is 0 Å². The summed E-state index contributed by atoms with van der Waals surface area (Å²) in [4.78, 5) is 4.17. The number of ether oxygens (including phenoxy) is 1. The second-order valence-electron chi connectivity index (χ2n) is 6.77. The van der Waals surface area contributed by atoms with E-state index < -0.39 is 0 Å². The highest BCUT2D eigenvalue weighted by Crippen LogP contribution is 2.19. The first kappa shape index (κ1) is 18.0. The fourth-order valence-electron chi connectivity index (χ4n) is 3.11. The van der Waals surface area contributed by atoms with Gasteiger partial charge in [-0.25, -0.2) is 4.98 Å². The van der Waals surface area contributed by atoms with Gasteiger partial charge in [0, 0.05) is 12.6 Å². The lowest BCUT2D eigenvalue weighted by Crippen LogP contribution is -2.01. The average molecular weight is 377 g/mol. The van der Waals surface area contributed by atoms with Gasteiger partial charge in [-0.1, -0.05) is 25.5 Å². The molecule has 8 nitrogen and oxygen atoms in total. The van der Waals surface area contributed by atoms with Crippen LogP contribution in [0.2, 0.25) is 0 Å². The maximum absolute atomic E-state index is 5.88. The zero-order valence-electron chi connectivity index (χ0n) is 15.8. The van der Waals surface area contributed by atoms with Crippen LogP contribution < -0.4 is 10.5 Å². The van der Waals surface area contributed by atoms with Crippen LogP contribution in [0.1, 0.15) is 36.5 Å². The van der Waals surface area contributed by atoms with E-state index in [1.807, 2.05) is 35.3 Å². The first-order valence-corrected chi connectivity index (χ1v) is 9.40. The number of hydrogen-bond donors (Lipinski definition) is 2. The van der Waals surface area contributed by atoms with Gasteiger partial charge in [0.25, 0.3) is 0 Å². The van der Waals surface area contributed by atoms with Crippen LogP contribution in [0.4, 0.5) is 5.82 Å². The summed E-state index contributed by atoms with van der Waals surface area (Å²) in [5.74, 6) is 1.34. The molecule has 0 bridgehead atoms. The highest BCUT2D eigenvalue weighted by atomic mass is 16.5. The molecule has 28 heavy (non-hydrogen) atoms. The molecule has 1 aromatic carbocycles. The Hall–Kier alpha value is -3.42. The summed E-state index contributed by atoms with van der Waals surface area (Å²) in [5.41, 5.74) is 10.3. The largest absolute Gasteiger partial charge is 0.494 e. The summed E-state index contributed by atoms with van der Waals surface area (Å²) in [6.45, 7) is 3.59. The number of nitrogens with zero attached hydrogens (tertiary/aromatic N) is 5. The van der Waals surface area contributed by atoms with Gasteiger partial charge >= 0.3 is 0 Å². The Bertz CT molecular complexity index is 1070. The predicted octanol–water partition coefficient (Wildman–Crippen LogP) is 2.95. The molecule has 0 aliphatic carbocycles. The third kappa shape index (κ3) is 4.11. The van der Waals surface area contributed by atoms with Gasteiger partial charge in [-0.3, -0.25) is 4.68 Å². The summed E-state index contributed by atoms with van der Waals surface area (Å²) in [5, 5.41) is 15.3. The SMILES string of the molecule is CCCCOc1cccc(Cn2cc(Cc3cc(N)nc4n[nH]nc34)cn2)c1. The molecule has 0 saturated heterocycles. The van der Waals surface area contributed by atoms with E-state index in [1.54, 1.807) is 0 Å². The van der Waals surface area contributed by atoms with E-state index in [4.69, 9.17) is 10.5 Å². The third-order valence-electron chi connectivity index (χ3n) is 4.48. The molecular formula is C20H23N7O. The van der Waals surface area contributed by atoms with Crippen molar-refractivity contribution in [2.24, 2.45) is 0 Å². The van der Waals surface area contributed by atoms with Crippen LogP contribution in [-0.4, -0.2) is 36.8 Å². The van der Waals surface area contributed by atoms with Crippen molar-refractivity contribution in [3.8, 4) is 5.75 Å². The monoisotopic (exact) mass is 377 g/mol. The van der Waals surface area contributed by atoms with Gasteiger partial charge in [0.05, 0.1) is 19.3 Å². The minimum atomic E-state index is 0.434. The maximum atomic E-state index is 5.88. The van der Waals surface area contributed by atoms with Gasteiger partial charge < -0.3 is 10.5 Å². The summed E-state index contributed by atoms with van der Waals surface area (Å²) in [7, 11) is 0. The number of unbranched alkanes of at least 4 members (excludes halogenated alkanes) is 1. The molecular weight excluding hydrogens is 354 g/mol. The number of nitrogens with one attached hydrogen (secondary N) is 1. The van der Waals surface area contributed by atoms with E-state index in [0.29, 0.717) is 24.4 Å². The topological polar surface area (TPSA) is 108 Å².